The molecule has 4 rings (SSSR count). The van der Waals surface area contributed by atoms with Crippen molar-refractivity contribution in [2.45, 2.75) is 0 Å². The number of nitrogens with zero attached hydrogens (tertiary/aromatic N) is 2. The summed E-state index contributed by atoms with van der Waals surface area (Å²) in [5.74, 6) is 0.312. The Balaban J connectivity index is 1.44. The number of ether oxygens (including phenoxy) is 1. The smallest absolute Gasteiger partial charge is 0.270 e. The van der Waals surface area contributed by atoms with Gasteiger partial charge in [0.25, 0.3) is 11.6 Å². The number of hydrogen-bond acceptors (Lipinski definition) is 7. The lowest BCUT2D eigenvalue weighted by Gasteiger charge is -2.08. The molecule has 0 saturated carbocycles. The van der Waals surface area contributed by atoms with Gasteiger partial charge in [0.05, 0.1) is 23.4 Å². The molecule has 0 aliphatic carbocycles. The molecule has 1 heterocycles. The maximum absolute atomic E-state index is 12.4. The third kappa shape index (κ3) is 4.73. The monoisotopic (exact) mass is 446 g/mol. The van der Waals surface area contributed by atoms with Gasteiger partial charge in [-0.3, -0.25) is 14.9 Å². The van der Waals surface area contributed by atoms with E-state index < -0.39 is 10.8 Å². The topological polar surface area (TPSA) is 106 Å². The summed E-state index contributed by atoms with van der Waals surface area (Å²) in [5.41, 5.74) is 3.18. The van der Waals surface area contributed by atoms with Gasteiger partial charge in [-0.1, -0.05) is 30.3 Å². The Morgan fingerprint density at radius 3 is 2.59 bits per heavy atom. The van der Waals surface area contributed by atoms with Gasteiger partial charge in [-0.05, 0) is 30.3 Å². The zero-order valence-electron chi connectivity index (χ0n) is 16.9. The van der Waals surface area contributed by atoms with Crippen LogP contribution in [0.15, 0.2) is 78.2 Å². The molecule has 0 saturated heterocycles. The Hall–Kier alpha value is -4.24. The van der Waals surface area contributed by atoms with E-state index in [1.165, 1.54) is 35.6 Å². The summed E-state index contributed by atoms with van der Waals surface area (Å²) in [7, 11) is 1.62. The van der Waals surface area contributed by atoms with Crippen LogP contribution in [0.3, 0.4) is 0 Å². The molecule has 0 atom stereocenters. The van der Waals surface area contributed by atoms with Crippen molar-refractivity contribution >= 4 is 39.4 Å². The lowest BCUT2D eigenvalue weighted by molar-refractivity contribution is -0.384. The van der Waals surface area contributed by atoms with Crippen molar-refractivity contribution in [1.29, 1.82) is 0 Å². The molecule has 0 unspecified atom stereocenters. The average Bonchev–Trinajstić information content (AvgIpc) is 3.28. The van der Waals surface area contributed by atoms with Crippen molar-refractivity contribution in [2.75, 3.05) is 17.7 Å². The van der Waals surface area contributed by atoms with Crippen LogP contribution in [0.2, 0.25) is 0 Å². The summed E-state index contributed by atoms with van der Waals surface area (Å²) < 4.78 is 5.35. The summed E-state index contributed by atoms with van der Waals surface area (Å²) in [6.07, 6.45) is 0. The summed E-state index contributed by atoms with van der Waals surface area (Å²) in [6.45, 7) is 0. The predicted octanol–water partition coefficient (Wildman–Crippen LogP) is 5.72. The summed E-state index contributed by atoms with van der Waals surface area (Å²) in [4.78, 5) is 27.4. The van der Waals surface area contributed by atoms with Gasteiger partial charge in [-0.25, -0.2) is 4.98 Å². The Morgan fingerprint density at radius 1 is 1.06 bits per heavy atom. The van der Waals surface area contributed by atoms with Crippen LogP contribution in [0.4, 0.5) is 22.2 Å². The number of non-ortho nitro benzene ring substituents is 1. The number of hydrogen-bond donors (Lipinski definition) is 2. The maximum atomic E-state index is 12.4. The summed E-state index contributed by atoms with van der Waals surface area (Å²) >= 11 is 1.47. The van der Waals surface area contributed by atoms with E-state index in [9.17, 15) is 14.9 Å². The molecule has 2 N–H and O–H groups in total. The fourth-order valence-corrected chi connectivity index (χ4v) is 3.75. The lowest BCUT2D eigenvalue weighted by atomic mass is 10.1. The molecule has 0 spiro atoms. The quantitative estimate of drug-likeness (QED) is 0.278. The Bertz CT molecular complexity index is 1270. The highest BCUT2D eigenvalue weighted by Crippen LogP contribution is 2.31. The molecule has 1 amide bonds. The van der Waals surface area contributed by atoms with Crippen molar-refractivity contribution in [3.05, 3.63) is 93.9 Å². The van der Waals surface area contributed by atoms with Crippen LogP contribution in [0.1, 0.15) is 10.4 Å². The molecule has 8 nitrogen and oxygen atoms in total. The highest BCUT2D eigenvalue weighted by atomic mass is 32.1. The van der Waals surface area contributed by atoms with E-state index in [0.717, 1.165) is 27.8 Å². The van der Waals surface area contributed by atoms with Gasteiger partial charge in [0.1, 0.15) is 5.75 Å². The molecule has 0 radical (unpaired) electrons. The molecule has 0 bridgehead atoms. The van der Waals surface area contributed by atoms with Crippen LogP contribution in [-0.2, 0) is 0 Å². The van der Waals surface area contributed by atoms with Gasteiger partial charge in [0, 0.05) is 34.3 Å². The van der Waals surface area contributed by atoms with E-state index in [4.69, 9.17) is 4.74 Å². The van der Waals surface area contributed by atoms with Gasteiger partial charge < -0.3 is 15.4 Å². The third-order valence-electron chi connectivity index (χ3n) is 4.61. The van der Waals surface area contributed by atoms with E-state index >= 15 is 0 Å². The number of aromatic nitrogens is 1. The molecule has 4 aromatic rings. The van der Waals surface area contributed by atoms with Crippen LogP contribution in [0.5, 0.6) is 5.75 Å². The number of thiazole rings is 1. The first kappa shape index (κ1) is 21.0. The predicted molar refractivity (Wildman–Crippen MR) is 125 cm³/mol. The highest BCUT2D eigenvalue weighted by Gasteiger charge is 2.12. The van der Waals surface area contributed by atoms with Gasteiger partial charge in [-0.2, -0.15) is 0 Å². The fourth-order valence-electron chi connectivity index (χ4n) is 3.02. The molecule has 0 aliphatic rings. The van der Waals surface area contributed by atoms with E-state index in [1.54, 1.807) is 19.2 Å². The number of methoxy groups -OCH3 is 1. The van der Waals surface area contributed by atoms with E-state index in [2.05, 4.69) is 15.6 Å². The number of nitro groups is 1. The van der Waals surface area contributed by atoms with E-state index in [-0.39, 0.29) is 11.3 Å². The molecule has 0 aliphatic heterocycles. The van der Waals surface area contributed by atoms with Gasteiger partial charge in [0.15, 0.2) is 5.13 Å². The molecule has 9 heteroatoms. The minimum atomic E-state index is -0.531. The van der Waals surface area contributed by atoms with Crippen molar-refractivity contribution in [3.8, 4) is 17.0 Å². The second-order valence-corrected chi connectivity index (χ2v) is 7.56. The highest BCUT2D eigenvalue weighted by molar-refractivity contribution is 7.14. The first-order chi connectivity index (χ1) is 15.5. The Labute approximate surface area is 187 Å². The first-order valence-electron chi connectivity index (χ1n) is 9.55. The van der Waals surface area contributed by atoms with Crippen molar-refractivity contribution in [1.82, 2.24) is 4.98 Å². The van der Waals surface area contributed by atoms with Gasteiger partial charge >= 0.3 is 0 Å². The number of anilines is 3. The second kappa shape index (κ2) is 9.27. The summed E-state index contributed by atoms with van der Waals surface area (Å²) in [5, 5.41) is 19.6. The fraction of sp³-hybridized carbons (Fsp3) is 0.0435. The van der Waals surface area contributed by atoms with Crippen LogP contribution in [0, 0.1) is 10.1 Å². The molecular formula is C23H18N4O4S. The number of nitro benzene ring substituents is 1. The number of rotatable bonds is 7. The molecule has 32 heavy (non-hydrogen) atoms. The van der Waals surface area contributed by atoms with Gasteiger partial charge in [0.2, 0.25) is 0 Å². The van der Waals surface area contributed by atoms with E-state index in [1.807, 2.05) is 41.8 Å². The number of carbonyl (C=O) groups excluding carboxylic acids is 1. The number of para-hydroxylation sites is 2. The van der Waals surface area contributed by atoms with Crippen LogP contribution in [-0.4, -0.2) is 22.9 Å². The standard InChI is InChI=1S/C23H18N4O4S/c1-31-21-8-3-2-7-19(21)25-23-26-20(14-32-23)15-9-11-17(12-10-15)24-22(28)16-5-4-6-18(13-16)27(29)30/h2-14H,1H3,(H,24,28)(H,25,26). The number of nitrogens with one attached hydrogen (secondary N) is 2. The molecular weight excluding hydrogens is 428 g/mol. The van der Waals surface area contributed by atoms with Crippen molar-refractivity contribution < 1.29 is 14.5 Å². The SMILES string of the molecule is COc1ccccc1Nc1nc(-c2ccc(NC(=O)c3cccc([N+](=O)[O-])c3)cc2)cs1. The first-order valence-corrected chi connectivity index (χ1v) is 10.4. The number of carbonyl (C=O) groups is 1. The molecule has 3 aromatic carbocycles. The van der Waals surface area contributed by atoms with Crippen LogP contribution >= 0.6 is 11.3 Å². The number of benzene rings is 3. The van der Waals surface area contributed by atoms with E-state index in [0.29, 0.717) is 5.69 Å². The zero-order chi connectivity index (χ0) is 22.5. The summed E-state index contributed by atoms with van der Waals surface area (Å²) in [6, 6.07) is 20.4. The van der Waals surface area contributed by atoms with Crippen molar-refractivity contribution in [2.24, 2.45) is 0 Å². The Morgan fingerprint density at radius 2 is 1.84 bits per heavy atom. The van der Waals surface area contributed by atoms with Crippen LogP contribution in [0.25, 0.3) is 11.3 Å². The normalized spacial score (nSPS) is 10.4. The Kier molecular flexibility index (Phi) is 6.09. The lowest BCUT2D eigenvalue weighted by Crippen LogP contribution is -2.11. The van der Waals surface area contributed by atoms with Crippen LogP contribution < -0.4 is 15.4 Å². The molecule has 0 fully saturated rings. The van der Waals surface area contributed by atoms with Crippen molar-refractivity contribution in [3.63, 3.8) is 0 Å². The molecule has 160 valence electrons. The average molecular weight is 446 g/mol. The second-order valence-electron chi connectivity index (χ2n) is 6.70. The maximum Gasteiger partial charge on any atom is 0.270 e. The third-order valence-corrected chi connectivity index (χ3v) is 5.37. The minimum absolute atomic E-state index is 0.130. The zero-order valence-corrected chi connectivity index (χ0v) is 17.8. The number of amides is 1. The largest absolute Gasteiger partial charge is 0.495 e. The van der Waals surface area contributed by atoms with Gasteiger partial charge in [-0.15, -0.1) is 11.3 Å². The molecule has 1 aromatic heterocycles. The minimum Gasteiger partial charge on any atom is -0.495 e.